The Morgan fingerprint density at radius 2 is 2.29 bits per heavy atom. The zero-order valence-corrected chi connectivity index (χ0v) is 11.1. The monoisotopic (exact) mass is 246 g/mol. The Hall–Kier alpha value is -1.35. The van der Waals surface area contributed by atoms with Crippen LogP contribution in [0.2, 0.25) is 0 Å². The minimum atomic E-state index is 0.460. The fourth-order valence-corrected chi connectivity index (χ4v) is 2.47. The van der Waals surface area contributed by atoms with E-state index in [0.717, 1.165) is 18.0 Å². The molecule has 0 aliphatic rings. The van der Waals surface area contributed by atoms with Gasteiger partial charge in [0.1, 0.15) is 0 Å². The first-order chi connectivity index (χ1) is 8.24. The molecule has 0 radical (unpaired) electrons. The molecule has 17 heavy (non-hydrogen) atoms. The van der Waals surface area contributed by atoms with Gasteiger partial charge in [0.15, 0.2) is 5.13 Å². The Labute approximate surface area is 107 Å². The summed E-state index contributed by atoms with van der Waals surface area (Å²) in [6.45, 7) is 4.35. The second-order valence-corrected chi connectivity index (χ2v) is 5.30. The lowest BCUT2D eigenvalue weighted by Crippen LogP contribution is -2.15. The van der Waals surface area contributed by atoms with Gasteiger partial charge >= 0.3 is 0 Å². The van der Waals surface area contributed by atoms with Gasteiger partial charge in [0, 0.05) is 17.6 Å². The van der Waals surface area contributed by atoms with E-state index in [1.54, 1.807) is 11.3 Å². The van der Waals surface area contributed by atoms with E-state index < -0.39 is 0 Å². The number of aromatic nitrogens is 1. The second-order valence-electron chi connectivity index (χ2n) is 4.41. The van der Waals surface area contributed by atoms with E-state index in [1.165, 1.54) is 11.1 Å². The van der Waals surface area contributed by atoms with Gasteiger partial charge in [-0.25, -0.2) is 4.98 Å². The largest absolute Gasteiger partial charge is 0.359 e. The molecule has 0 spiro atoms. The number of thiazole rings is 1. The highest BCUT2D eigenvalue weighted by Gasteiger charge is 2.04. The molecule has 0 aliphatic carbocycles. The summed E-state index contributed by atoms with van der Waals surface area (Å²) in [4.78, 5) is 4.23. The quantitative estimate of drug-likeness (QED) is 0.866. The lowest BCUT2D eigenvalue weighted by Gasteiger charge is -2.12. The molecule has 0 bridgehead atoms. The number of hydrogen-bond donors (Lipinski definition) is 1. The van der Waals surface area contributed by atoms with Gasteiger partial charge in [-0.15, -0.1) is 11.3 Å². The highest BCUT2D eigenvalue weighted by molar-refractivity contribution is 7.13. The number of aryl methyl sites for hydroxylation is 2. The number of benzene rings is 1. The molecule has 0 saturated heterocycles. The molecule has 2 nitrogen and oxygen atoms in total. The Kier molecular flexibility index (Phi) is 4.15. The van der Waals surface area contributed by atoms with E-state index in [2.05, 4.69) is 48.4 Å². The summed E-state index contributed by atoms with van der Waals surface area (Å²) in [5, 5.41) is 6.43. The molecule has 0 amide bonds. The van der Waals surface area contributed by atoms with Gasteiger partial charge < -0.3 is 5.32 Å². The van der Waals surface area contributed by atoms with Gasteiger partial charge in [0.05, 0.1) is 0 Å². The summed E-state index contributed by atoms with van der Waals surface area (Å²) >= 11 is 1.65. The molecule has 0 fully saturated rings. The fraction of sp³-hybridized carbons (Fsp3) is 0.357. The van der Waals surface area contributed by atoms with Crippen molar-refractivity contribution in [1.29, 1.82) is 0 Å². The van der Waals surface area contributed by atoms with E-state index >= 15 is 0 Å². The van der Waals surface area contributed by atoms with Gasteiger partial charge in [-0.05, 0) is 32.3 Å². The van der Waals surface area contributed by atoms with Gasteiger partial charge in [0.2, 0.25) is 0 Å². The number of rotatable bonds is 5. The molecule has 1 aromatic heterocycles. The highest BCUT2D eigenvalue weighted by atomic mass is 32.1. The van der Waals surface area contributed by atoms with Crippen molar-refractivity contribution >= 4 is 16.5 Å². The van der Waals surface area contributed by atoms with Gasteiger partial charge in [-0.2, -0.15) is 0 Å². The van der Waals surface area contributed by atoms with Crippen LogP contribution in [0.25, 0.3) is 0 Å². The maximum Gasteiger partial charge on any atom is 0.182 e. The third-order valence-electron chi connectivity index (χ3n) is 2.75. The standard InChI is InChI=1S/C14H18N2S/c1-11-4-3-5-13(10-11)7-6-12(2)16-14-15-8-9-17-14/h3-5,8-10,12H,6-7H2,1-2H3,(H,15,16). The third-order valence-corrected chi connectivity index (χ3v) is 3.46. The van der Waals surface area contributed by atoms with E-state index in [0.29, 0.717) is 6.04 Å². The summed E-state index contributed by atoms with van der Waals surface area (Å²) in [7, 11) is 0. The van der Waals surface area contributed by atoms with Crippen molar-refractivity contribution in [3.05, 3.63) is 47.0 Å². The van der Waals surface area contributed by atoms with Crippen LogP contribution in [-0.4, -0.2) is 11.0 Å². The van der Waals surface area contributed by atoms with Crippen molar-refractivity contribution in [1.82, 2.24) is 4.98 Å². The topological polar surface area (TPSA) is 24.9 Å². The van der Waals surface area contributed by atoms with Gasteiger partial charge in [-0.1, -0.05) is 29.8 Å². The molecule has 1 atom stereocenters. The Balaban J connectivity index is 1.82. The molecule has 0 saturated carbocycles. The van der Waals surface area contributed by atoms with Crippen molar-refractivity contribution in [2.75, 3.05) is 5.32 Å². The van der Waals surface area contributed by atoms with Crippen LogP contribution in [0.15, 0.2) is 35.8 Å². The second kappa shape index (κ2) is 5.82. The molecule has 90 valence electrons. The minimum Gasteiger partial charge on any atom is -0.359 e. The minimum absolute atomic E-state index is 0.460. The van der Waals surface area contributed by atoms with E-state index in [1.807, 2.05) is 11.6 Å². The molecule has 1 aromatic carbocycles. The summed E-state index contributed by atoms with van der Waals surface area (Å²) in [6, 6.07) is 9.19. The fourth-order valence-electron chi connectivity index (χ4n) is 1.83. The van der Waals surface area contributed by atoms with Crippen molar-refractivity contribution in [2.24, 2.45) is 0 Å². The zero-order chi connectivity index (χ0) is 12.1. The van der Waals surface area contributed by atoms with Gasteiger partial charge in [0.25, 0.3) is 0 Å². The van der Waals surface area contributed by atoms with Crippen LogP contribution < -0.4 is 5.32 Å². The summed E-state index contributed by atoms with van der Waals surface area (Å²) in [5.41, 5.74) is 2.75. The van der Waals surface area contributed by atoms with Crippen LogP contribution in [0.4, 0.5) is 5.13 Å². The first-order valence-electron chi connectivity index (χ1n) is 5.95. The summed E-state index contributed by atoms with van der Waals surface area (Å²) in [6.07, 6.45) is 4.07. The average molecular weight is 246 g/mol. The SMILES string of the molecule is Cc1cccc(CCC(C)Nc2nccs2)c1. The molecule has 2 aromatic rings. The molecule has 3 heteroatoms. The van der Waals surface area contributed by atoms with Crippen LogP contribution in [-0.2, 0) is 6.42 Å². The Bertz CT molecular complexity index is 451. The molecule has 2 rings (SSSR count). The molecule has 1 heterocycles. The first-order valence-corrected chi connectivity index (χ1v) is 6.83. The van der Waals surface area contributed by atoms with E-state index in [4.69, 9.17) is 0 Å². The molecular formula is C14H18N2S. The van der Waals surface area contributed by atoms with Crippen LogP contribution in [0, 0.1) is 6.92 Å². The van der Waals surface area contributed by atoms with Crippen LogP contribution in [0.1, 0.15) is 24.5 Å². The smallest absolute Gasteiger partial charge is 0.182 e. The number of nitrogens with zero attached hydrogens (tertiary/aromatic N) is 1. The maximum atomic E-state index is 4.23. The van der Waals surface area contributed by atoms with Crippen molar-refractivity contribution in [2.45, 2.75) is 32.7 Å². The maximum absolute atomic E-state index is 4.23. The predicted octanol–water partition coefficient (Wildman–Crippen LogP) is 3.88. The first kappa shape index (κ1) is 12.1. The number of anilines is 1. The lowest BCUT2D eigenvalue weighted by atomic mass is 10.0. The van der Waals surface area contributed by atoms with Crippen LogP contribution in [0.3, 0.4) is 0 Å². The highest BCUT2D eigenvalue weighted by Crippen LogP contribution is 2.14. The molecule has 1 unspecified atom stereocenters. The molecule has 1 N–H and O–H groups in total. The van der Waals surface area contributed by atoms with E-state index in [9.17, 15) is 0 Å². The lowest BCUT2D eigenvalue weighted by molar-refractivity contribution is 0.705. The van der Waals surface area contributed by atoms with Crippen LogP contribution in [0.5, 0.6) is 0 Å². The van der Waals surface area contributed by atoms with E-state index in [-0.39, 0.29) is 0 Å². The third kappa shape index (κ3) is 3.86. The zero-order valence-electron chi connectivity index (χ0n) is 10.3. The number of nitrogens with one attached hydrogen (secondary N) is 1. The van der Waals surface area contributed by atoms with Crippen molar-refractivity contribution in [3.8, 4) is 0 Å². The van der Waals surface area contributed by atoms with Crippen LogP contribution >= 0.6 is 11.3 Å². The summed E-state index contributed by atoms with van der Waals surface area (Å²) < 4.78 is 0. The van der Waals surface area contributed by atoms with Gasteiger partial charge in [-0.3, -0.25) is 0 Å². The Morgan fingerprint density at radius 1 is 1.41 bits per heavy atom. The predicted molar refractivity (Wildman–Crippen MR) is 74.7 cm³/mol. The summed E-state index contributed by atoms with van der Waals surface area (Å²) in [5.74, 6) is 0. The van der Waals surface area contributed by atoms with Crippen molar-refractivity contribution < 1.29 is 0 Å². The Morgan fingerprint density at radius 3 is 3.00 bits per heavy atom. The molecule has 0 aliphatic heterocycles. The average Bonchev–Trinajstić information content (AvgIpc) is 2.79. The number of hydrogen-bond acceptors (Lipinski definition) is 3. The molecular weight excluding hydrogens is 228 g/mol. The van der Waals surface area contributed by atoms with Crippen molar-refractivity contribution in [3.63, 3.8) is 0 Å². The normalized spacial score (nSPS) is 12.4.